The van der Waals surface area contributed by atoms with Gasteiger partial charge in [-0.15, -0.1) is 0 Å². The van der Waals surface area contributed by atoms with Gasteiger partial charge in [0.25, 0.3) is 0 Å². The molecule has 0 spiro atoms. The standard InChI is InChI=1S/C16H24N2O/c1-4-8-15(19)18-12-11-17(13-16(18,2)3)14-9-6-5-7-10-14/h5-7,9-10H,4,8,11-13H2,1-3H3. The average Bonchev–Trinajstić information content (AvgIpc) is 2.38. The van der Waals surface area contributed by atoms with E-state index in [1.54, 1.807) is 0 Å². The van der Waals surface area contributed by atoms with Crippen LogP contribution in [0.4, 0.5) is 5.69 Å². The van der Waals surface area contributed by atoms with Crippen LogP contribution >= 0.6 is 0 Å². The second kappa shape index (κ2) is 5.64. The number of piperazine rings is 1. The first-order valence-electron chi connectivity index (χ1n) is 7.15. The third kappa shape index (κ3) is 3.09. The molecule has 0 bridgehead atoms. The molecule has 0 radical (unpaired) electrons. The first-order valence-corrected chi connectivity index (χ1v) is 7.15. The second-order valence-corrected chi connectivity index (χ2v) is 5.86. The minimum Gasteiger partial charge on any atom is -0.367 e. The summed E-state index contributed by atoms with van der Waals surface area (Å²) in [6, 6.07) is 10.4. The van der Waals surface area contributed by atoms with Gasteiger partial charge >= 0.3 is 0 Å². The Labute approximate surface area is 116 Å². The van der Waals surface area contributed by atoms with Crippen molar-refractivity contribution in [3.63, 3.8) is 0 Å². The molecule has 1 aliphatic rings. The van der Waals surface area contributed by atoms with Crippen molar-refractivity contribution in [2.45, 2.75) is 39.2 Å². The fourth-order valence-corrected chi connectivity index (χ4v) is 2.83. The Morgan fingerprint density at radius 3 is 2.47 bits per heavy atom. The van der Waals surface area contributed by atoms with Crippen LogP contribution in [0.15, 0.2) is 30.3 Å². The topological polar surface area (TPSA) is 23.6 Å². The zero-order chi connectivity index (χ0) is 13.9. The normalized spacial score (nSPS) is 18.5. The van der Waals surface area contributed by atoms with Crippen LogP contribution in [0.25, 0.3) is 0 Å². The molecular weight excluding hydrogens is 236 g/mol. The zero-order valence-corrected chi connectivity index (χ0v) is 12.2. The van der Waals surface area contributed by atoms with Gasteiger partial charge in [0.15, 0.2) is 0 Å². The Balaban J connectivity index is 2.09. The third-order valence-corrected chi connectivity index (χ3v) is 3.79. The zero-order valence-electron chi connectivity index (χ0n) is 12.2. The van der Waals surface area contributed by atoms with Crippen molar-refractivity contribution in [1.82, 2.24) is 4.90 Å². The van der Waals surface area contributed by atoms with Crippen molar-refractivity contribution in [2.75, 3.05) is 24.5 Å². The summed E-state index contributed by atoms with van der Waals surface area (Å²) in [5.41, 5.74) is 1.15. The van der Waals surface area contributed by atoms with Crippen LogP contribution in [0.1, 0.15) is 33.6 Å². The van der Waals surface area contributed by atoms with Crippen molar-refractivity contribution in [3.05, 3.63) is 30.3 Å². The van der Waals surface area contributed by atoms with Crippen LogP contribution < -0.4 is 4.90 Å². The summed E-state index contributed by atoms with van der Waals surface area (Å²) in [6.07, 6.45) is 1.59. The number of nitrogens with zero attached hydrogens (tertiary/aromatic N) is 2. The summed E-state index contributed by atoms with van der Waals surface area (Å²) in [6.45, 7) is 9.02. The molecule has 1 aromatic carbocycles. The van der Waals surface area contributed by atoms with E-state index in [1.165, 1.54) is 5.69 Å². The molecule has 0 unspecified atom stereocenters. The lowest BCUT2D eigenvalue weighted by molar-refractivity contribution is -0.137. The monoisotopic (exact) mass is 260 g/mol. The van der Waals surface area contributed by atoms with Crippen molar-refractivity contribution in [2.24, 2.45) is 0 Å². The van der Waals surface area contributed by atoms with Crippen molar-refractivity contribution >= 4 is 11.6 Å². The fraction of sp³-hybridized carbons (Fsp3) is 0.562. The molecule has 104 valence electrons. The number of anilines is 1. The van der Waals surface area contributed by atoms with Crippen LogP contribution in [-0.2, 0) is 4.79 Å². The average molecular weight is 260 g/mol. The van der Waals surface area contributed by atoms with Crippen LogP contribution in [0.5, 0.6) is 0 Å². The summed E-state index contributed by atoms with van der Waals surface area (Å²) in [5, 5.41) is 0. The first kappa shape index (κ1) is 13.9. The minimum absolute atomic E-state index is 0.0969. The largest absolute Gasteiger partial charge is 0.367 e. The number of hydrogen-bond acceptors (Lipinski definition) is 2. The smallest absolute Gasteiger partial charge is 0.223 e. The molecule has 1 heterocycles. The van der Waals surface area contributed by atoms with Gasteiger partial charge in [0.2, 0.25) is 5.91 Å². The van der Waals surface area contributed by atoms with Gasteiger partial charge in [0, 0.05) is 31.7 Å². The quantitative estimate of drug-likeness (QED) is 0.834. The van der Waals surface area contributed by atoms with Crippen LogP contribution in [0.3, 0.4) is 0 Å². The molecule has 0 aliphatic carbocycles. The molecular formula is C16H24N2O. The van der Waals surface area contributed by atoms with Gasteiger partial charge in [-0.3, -0.25) is 4.79 Å². The number of amides is 1. The summed E-state index contributed by atoms with van der Waals surface area (Å²) in [4.78, 5) is 16.6. The molecule has 3 nitrogen and oxygen atoms in total. The van der Waals surface area contributed by atoms with Crippen LogP contribution in [-0.4, -0.2) is 36.0 Å². The highest BCUT2D eigenvalue weighted by atomic mass is 16.2. The molecule has 0 saturated carbocycles. The van der Waals surface area contributed by atoms with Gasteiger partial charge in [0.05, 0.1) is 5.54 Å². The molecule has 1 amide bonds. The van der Waals surface area contributed by atoms with Crippen LogP contribution in [0.2, 0.25) is 0 Å². The minimum atomic E-state index is -0.0969. The van der Waals surface area contributed by atoms with E-state index in [0.717, 1.165) is 26.1 Å². The molecule has 0 atom stereocenters. The lowest BCUT2D eigenvalue weighted by Gasteiger charge is -2.48. The number of rotatable bonds is 3. The van der Waals surface area contributed by atoms with Crippen LogP contribution in [0, 0.1) is 0 Å². The van der Waals surface area contributed by atoms with E-state index in [0.29, 0.717) is 12.3 Å². The summed E-state index contributed by atoms with van der Waals surface area (Å²) >= 11 is 0. The number of carbonyl (C=O) groups is 1. The van der Waals surface area contributed by atoms with Gasteiger partial charge in [-0.1, -0.05) is 25.1 Å². The second-order valence-electron chi connectivity index (χ2n) is 5.86. The third-order valence-electron chi connectivity index (χ3n) is 3.79. The number of hydrogen-bond donors (Lipinski definition) is 0. The summed E-state index contributed by atoms with van der Waals surface area (Å²) in [5.74, 6) is 0.292. The highest BCUT2D eigenvalue weighted by molar-refractivity contribution is 5.77. The molecule has 1 aromatic rings. The van der Waals surface area contributed by atoms with E-state index < -0.39 is 0 Å². The molecule has 2 rings (SSSR count). The molecule has 0 aromatic heterocycles. The van der Waals surface area contributed by atoms with Gasteiger partial charge < -0.3 is 9.80 Å². The summed E-state index contributed by atoms with van der Waals surface area (Å²) in [7, 11) is 0. The van der Waals surface area contributed by atoms with Gasteiger partial charge in [-0.05, 0) is 32.4 Å². The fourth-order valence-electron chi connectivity index (χ4n) is 2.83. The van der Waals surface area contributed by atoms with Crippen molar-refractivity contribution in [1.29, 1.82) is 0 Å². The van der Waals surface area contributed by atoms with E-state index in [1.807, 2.05) is 6.07 Å². The van der Waals surface area contributed by atoms with Crippen molar-refractivity contribution < 1.29 is 4.79 Å². The Morgan fingerprint density at radius 1 is 1.21 bits per heavy atom. The van der Waals surface area contributed by atoms with E-state index in [2.05, 4.69) is 54.8 Å². The maximum Gasteiger partial charge on any atom is 0.223 e. The lowest BCUT2D eigenvalue weighted by Crippen LogP contribution is -2.61. The molecule has 19 heavy (non-hydrogen) atoms. The Hall–Kier alpha value is -1.51. The number of benzene rings is 1. The highest BCUT2D eigenvalue weighted by Gasteiger charge is 2.36. The predicted molar refractivity (Wildman–Crippen MR) is 79.4 cm³/mol. The Bertz CT molecular complexity index is 428. The van der Waals surface area contributed by atoms with E-state index >= 15 is 0 Å². The van der Waals surface area contributed by atoms with Gasteiger partial charge in [-0.25, -0.2) is 0 Å². The maximum absolute atomic E-state index is 12.2. The van der Waals surface area contributed by atoms with E-state index in [4.69, 9.17) is 0 Å². The molecule has 1 fully saturated rings. The Morgan fingerprint density at radius 2 is 1.89 bits per heavy atom. The van der Waals surface area contributed by atoms with Gasteiger partial charge in [0.1, 0.15) is 0 Å². The number of carbonyl (C=O) groups excluding carboxylic acids is 1. The van der Waals surface area contributed by atoms with Crippen molar-refractivity contribution in [3.8, 4) is 0 Å². The maximum atomic E-state index is 12.2. The summed E-state index contributed by atoms with van der Waals surface area (Å²) < 4.78 is 0. The molecule has 1 saturated heterocycles. The SMILES string of the molecule is CCCC(=O)N1CCN(c2ccccc2)CC1(C)C. The Kier molecular flexibility index (Phi) is 4.13. The first-order chi connectivity index (χ1) is 9.04. The lowest BCUT2D eigenvalue weighted by atomic mass is 9.97. The van der Waals surface area contributed by atoms with E-state index in [9.17, 15) is 4.79 Å². The van der Waals surface area contributed by atoms with E-state index in [-0.39, 0.29) is 5.54 Å². The van der Waals surface area contributed by atoms with Gasteiger partial charge in [-0.2, -0.15) is 0 Å². The molecule has 0 N–H and O–H groups in total. The highest BCUT2D eigenvalue weighted by Crippen LogP contribution is 2.26. The molecule has 1 aliphatic heterocycles. The number of para-hydroxylation sites is 1. The molecule has 3 heteroatoms. The predicted octanol–water partition coefficient (Wildman–Crippen LogP) is 2.91.